The molecule has 0 bridgehead atoms. The summed E-state index contributed by atoms with van der Waals surface area (Å²) in [4.78, 5) is 4.31. The average Bonchev–Trinajstić information content (AvgIpc) is 2.79. The molecule has 0 aliphatic carbocycles. The smallest absolute Gasteiger partial charge is 0.242 e. The monoisotopic (exact) mass is 225 g/mol. The Balaban J connectivity index is 2.40. The van der Waals surface area contributed by atoms with Gasteiger partial charge in [-0.3, -0.25) is 0 Å². The Labute approximate surface area is 99.3 Å². The van der Waals surface area contributed by atoms with Crippen LogP contribution >= 0.6 is 0 Å². The Morgan fingerprint density at radius 3 is 2.82 bits per heavy atom. The highest BCUT2D eigenvalue weighted by Crippen LogP contribution is 2.26. The van der Waals surface area contributed by atoms with Crippen molar-refractivity contribution >= 4 is 11.1 Å². The van der Waals surface area contributed by atoms with E-state index in [1.165, 1.54) is 17.5 Å². The van der Waals surface area contributed by atoms with Gasteiger partial charge in [-0.2, -0.15) is 4.57 Å². The predicted octanol–water partition coefficient (Wildman–Crippen LogP) is 2.63. The van der Waals surface area contributed by atoms with Crippen molar-refractivity contribution in [2.24, 2.45) is 7.05 Å². The van der Waals surface area contributed by atoms with E-state index in [0.717, 1.165) is 16.8 Å². The highest BCUT2D eigenvalue weighted by atomic mass is 16.3. The topological polar surface area (TPSA) is 29.9 Å². The van der Waals surface area contributed by atoms with Gasteiger partial charge in [-0.25, -0.2) is 4.98 Å². The third kappa shape index (κ3) is 1.51. The van der Waals surface area contributed by atoms with E-state index in [4.69, 9.17) is 4.42 Å². The molecule has 0 saturated carbocycles. The molecular formula is C14H13N2O+. The zero-order valence-electron chi connectivity index (χ0n) is 9.84. The highest BCUT2D eigenvalue weighted by Gasteiger charge is 2.19. The van der Waals surface area contributed by atoms with Crippen LogP contribution in [-0.2, 0) is 7.05 Å². The highest BCUT2D eigenvalue weighted by molar-refractivity contribution is 5.86. The second-order valence-electron chi connectivity index (χ2n) is 4.16. The number of pyridine rings is 1. The van der Waals surface area contributed by atoms with Crippen molar-refractivity contribution < 1.29 is 8.98 Å². The fraction of sp³-hybridized carbons (Fsp3) is 0.143. The molecule has 0 unspecified atom stereocenters. The van der Waals surface area contributed by atoms with Crippen molar-refractivity contribution in [3.63, 3.8) is 0 Å². The van der Waals surface area contributed by atoms with Gasteiger partial charge in [-0.15, -0.1) is 0 Å². The number of benzene rings is 1. The van der Waals surface area contributed by atoms with Gasteiger partial charge in [0.1, 0.15) is 7.05 Å². The lowest BCUT2D eigenvalue weighted by Gasteiger charge is -2.03. The normalized spacial score (nSPS) is 10.9. The number of oxazole rings is 1. The van der Waals surface area contributed by atoms with E-state index in [9.17, 15) is 0 Å². The number of aromatic nitrogens is 2. The molecule has 17 heavy (non-hydrogen) atoms. The predicted molar refractivity (Wildman–Crippen MR) is 65.4 cm³/mol. The molecule has 0 aliphatic heterocycles. The summed E-state index contributed by atoms with van der Waals surface area (Å²) in [5.74, 6) is 0. The van der Waals surface area contributed by atoms with Crippen molar-refractivity contribution in [2.45, 2.75) is 6.92 Å². The molecule has 0 fully saturated rings. The third-order valence-corrected chi connectivity index (χ3v) is 3.02. The summed E-state index contributed by atoms with van der Waals surface area (Å²) < 4.78 is 7.43. The van der Waals surface area contributed by atoms with E-state index in [0.29, 0.717) is 0 Å². The van der Waals surface area contributed by atoms with Crippen molar-refractivity contribution in [1.82, 2.24) is 4.98 Å². The fourth-order valence-corrected chi connectivity index (χ4v) is 2.13. The fourth-order valence-electron chi connectivity index (χ4n) is 2.13. The summed E-state index contributed by atoms with van der Waals surface area (Å²) in [6.07, 6.45) is 3.49. The molecule has 0 saturated heterocycles. The van der Waals surface area contributed by atoms with Gasteiger partial charge >= 0.3 is 0 Å². The van der Waals surface area contributed by atoms with Gasteiger partial charge in [-0.1, -0.05) is 18.2 Å². The Kier molecular flexibility index (Phi) is 2.18. The number of aryl methyl sites for hydroxylation is 2. The Bertz CT molecular complexity index is 686. The van der Waals surface area contributed by atoms with Crippen LogP contribution in [0.5, 0.6) is 0 Å². The molecule has 0 amide bonds. The standard InChI is InChI=1S/C14H13N2O/c1-10-5-3-4-6-11(10)14-13-12(17-9-15-13)7-8-16(14)2/h3-9H,1-2H3/q+1. The van der Waals surface area contributed by atoms with Crippen molar-refractivity contribution in [2.75, 3.05) is 0 Å². The minimum absolute atomic E-state index is 0.821. The molecule has 2 heterocycles. The second-order valence-corrected chi connectivity index (χ2v) is 4.16. The van der Waals surface area contributed by atoms with Gasteiger partial charge in [0.05, 0.1) is 5.56 Å². The van der Waals surface area contributed by atoms with Crippen LogP contribution in [0.4, 0.5) is 0 Å². The van der Waals surface area contributed by atoms with E-state index in [1.807, 2.05) is 31.4 Å². The van der Waals surface area contributed by atoms with Gasteiger partial charge in [-0.05, 0) is 18.6 Å². The number of nitrogens with zero attached hydrogens (tertiary/aromatic N) is 2. The molecule has 0 aliphatic rings. The van der Waals surface area contributed by atoms with E-state index >= 15 is 0 Å². The van der Waals surface area contributed by atoms with E-state index < -0.39 is 0 Å². The van der Waals surface area contributed by atoms with Crippen molar-refractivity contribution in [3.8, 4) is 11.3 Å². The van der Waals surface area contributed by atoms with Crippen LogP contribution in [0.1, 0.15) is 5.56 Å². The maximum atomic E-state index is 5.35. The minimum Gasteiger partial charge on any atom is -0.443 e. The quantitative estimate of drug-likeness (QED) is 0.596. The van der Waals surface area contributed by atoms with Crippen LogP contribution in [0.15, 0.2) is 47.3 Å². The lowest BCUT2D eigenvalue weighted by atomic mass is 10.0. The summed E-state index contributed by atoms with van der Waals surface area (Å²) in [6, 6.07) is 10.2. The zero-order valence-corrected chi connectivity index (χ0v) is 9.84. The molecule has 0 N–H and O–H groups in total. The summed E-state index contributed by atoms with van der Waals surface area (Å²) in [7, 11) is 2.02. The lowest BCUT2D eigenvalue weighted by Crippen LogP contribution is -2.30. The van der Waals surface area contributed by atoms with Gasteiger partial charge in [0, 0.05) is 6.07 Å². The molecule has 3 nitrogen and oxygen atoms in total. The molecule has 3 rings (SSSR count). The Hall–Kier alpha value is -2.16. The average molecular weight is 225 g/mol. The Morgan fingerprint density at radius 2 is 2.00 bits per heavy atom. The third-order valence-electron chi connectivity index (χ3n) is 3.02. The SMILES string of the molecule is Cc1ccccc1-c1c2ncoc2cc[n+]1C. The first-order valence-corrected chi connectivity index (χ1v) is 5.55. The first-order chi connectivity index (χ1) is 8.27. The zero-order chi connectivity index (χ0) is 11.8. The van der Waals surface area contributed by atoms with Crippen LogP contribution < -0.4 is 4.57 Å². The summed E-state index contributed by atoms with van der Waals surface area (Å²) in [5, 5.41) is 0. The van der Waals surface area contributed by atoms with E-state index in [1.54, 1.807) is 0 Å². The molecule has 0 spiro atoms. The summed E-state index contributed by atoms with van der Waals surface area (Å²) in [5.41, 5.74) is 5.24. The first-order valence-electron chi connectivity index (χ1n) is 5.55. The minimum atomic E-state index is 0.821. The summed E-state index contributed by atoms with van der Waals surface area (Å²) in [6.45, 7) is 2.11. The van der Waals surface area contributed by atoms with E-state index in [2.05, 4.69) is 28.6 Å². The van der Waals surface area contributed by atoms with Crippen LogP contribution in [-0.4, -0.2) is 4.98 Å². The number of rotatable bonds is 1. The van der Waals surface area contributed by atoms with Crippen LogP contribution in [0.2, 0.25) is 0 Å². The summed E-state index contributed by atoms with van der Waals surface area (Å²) >= 11 is 0. The molecule has 84 valence electrons. The van der Waals surface area contributed by atoms with Crippen molar-refractivity contribution in [3.05, 3.63) is 48.5 Å². The van der Waals surface area contributed by atoms with Gasteiger partial charge in [0.25, 0.3) is 0 Å². The number of hydrogen-bond donors (Lipinski definition) is 0. The lowest BCUT2D eigenvalue weighted by molar-refractivity contribution is -0.659. The van der Waals surface area contributed by atoms with E-state index in [-0.39, 0.29) is 0 Å². The molecule has 3 heteroatoms. The van der Waals surface area contributed by atoms with Crippen LogP contribution in [0.25, 0.3) is 22.4 Å². The maximum Gasteiger partial charge on any atom is 0.242 e. The molecule has 1 aromatic carbocycles. The largest absolute Gasteiger partial charge is 0.443 e. The van der Waals surface area contributed by atoms with Crippen LogP contribution in [0, 0.1) is 6.92 Å². The molecule has 2 aromatic heterocycles. The van der Waals surface area contributed by atoms with Crippen LogP contribution in [0.3, 0.4) is 0 Å². The van der Waals surface area contributed by atoms with Crippen molar-refractivity contribution in [1.29, 1.82) is 0 Å². The van der Waals surface area contributed by atoms with Gasteiger partial charge in [0.15, 0.2) is 23.7 Å². The molecule has 0 atom stereocenters. The first kappa shape index (κ1) is 10.0. The van der Waals surface area contributed by atoms with Gasteiger partial charge in [0.2, 0.25) is 5.69 Å². The second kappa shape index (κ2) is 3.70. The number of fused-ring (bicyclic) bond motifs is 1. The molecule has 0 radical (unpaired) electrons. The number of hydrogen-bond acceptors (Lipinski definition) is 2. The molecule has 3 aromatic rings. The van der Waals surface area contributed by atoms with Gasteiger partial charge < -0.3 is 4.42 Å². The molecular weight excluding hydrogens is 212 g/mol. The maximum absolute atomic E-state index is 5.35. The Morgan fingerprint density at radius 1 is 1.18 bits per heavy atom.